The molecule has 1 heterocycles. The second-order valence-electron chi connectivity index (χ2n) is 6.09. The van der Waals surface area contributed by atoms with Crippen molar-refractivity contribution < 1.29 is 5.11 Å². The molecule has 0 unspecified atom stereocenters. The van der Waals surface area contributed by atoms with Crippen LogP contribution in [0.1, 0.15) is 42.2 Å². The number of phenols is 1. The Hall–Kier alpha value is -1.48. The van der Waals surface area contributed by atoms with E-state index in [4.69, 9.17) is 0 Å². The molecule has 0 saturated heterocycles. The number of thiophene rings is 1. The van der Waals surface area contributed by atoms with Gasteiger partial charge in [0.15, 0.2) is 0 Å². The molecule has 1 aliphatic carbocycles. The van der Waals surface area contributed by atoms with Gasteiger partial charge in [-0.2, -0.15) is 0 Å². The van der Waals surface area contributed by atoms with Gasteiger partial charge in [-0.1, -0.05) is 19.1 Å². The maximum atomic E-state index is 10.7. The minimum Gasteiger partial charge on any atom is -0.505 e. The summed E-state index contributed by atoms with van der Waals surface area (Å²) >= 11 is 1.82. The Kier molecular flexibility index (Phi) is 5.04. The highest BCUT2D eigenvalue weighted by molar-refractivity contribution is 7.09. The van der Waals surface area contributed by atoms with Gasteiger partial charge in [0.2, 0.25) is 0 Å². The molecule has 0 amide bonds. The minimum absolute atomic E-state index is 0.539. The first kappa shape index (κ1) is 15.4. The number of benzene rings is 1. The molecule has 1 aromatic heterocycles. The van der Waals surface area contributed by atoms with E-state index in [2.05, 4.69) is 41.5 Å². The van der Waals surface area contributed by atoms with E-state index in [0.29, 0.717) is 5.75 Å². The monoisotopic (exact) mass is 315 g/mol. The van der Waals surface area contributed by atoms with Gasteiger partial charge in [-0.25, -0.2) is 0 Å². The van der Waals surface area contributed by atoms with Crippen molar-refractivity contribution in [1.82, 2.24) is 0 Å². The fourth-order valence-corrected chi connectivity index (χ4v) is 4.07. The molecule has 2 nitrogen and oxygen atoms in total. The van der Waals surface area contributed by atoms with Gasteiger partial charge >= 0.3 is 0 Å². The first-order chi connectivity index (χ1) is 10.8. The predicted molar refractivity (Wildman–Crippen MR) is 95.3 cm³/mol. The van der Waals surface area contributed by atoms with Gasteiger partial charge in [0.1, 0.15) is 5.75 Å². The number of hydrogen-bond acceptors (Lipinski definition) is 3. The average molecular weight is 315 g/mol. The van der Waals surface area contributed by atoms with E-state index in [1.807, 2.05) is 11.3 Å². The smallest absolute Gasteiger partial charge is 0.142 e. The molecule has 22 heavy (non-hydrogen) atoms. The molecule has 0 bridgehead atoms. The van der Waals surface area contributed by atoms with E-state index in [1.54, 1.807) is 0 Å². The lowest BCUT2D eigenvalue weighted by atomic mass is 9.90. The molecular weight excluding hydrogens is 290 g/mol. The van der Waals surface area contributed by atoms with Gasteiger partial charge in [0.25, 0.3) is 0 Å². The van der Waals surface area contributed by atoms with Gasteiger partial charge < -0.3 is 10.0 Å². The highest BCUT2D eigenvalue weighted by atomic mass is 32.1. The van der Waals surface area contributed by atoms with Crippen LogP contribution in [-0.4, -0.2) is 18.2 Å². The third kappa shape index (κ3) is 3.30. The quantitative estimate of drug-likeness (QED) is 0.828. The molecule has 3 rings (SSSR count). The van der Waals surface area contributed by atoms with Crippen molar-refractivity contribution >= 4 is 17.0 Å². The maximum absolute atomic E-state index is 10.7. The van der Waals surface area contributed by atoms with Crippen LogP contribution < -0.4 is 4.90 Å². The van der Waals surface area contributed by atoms with Gasteiger partial charge in [-0.15, -0.1) is 11.3 Å². The molecule has 0 saturated carbocycles. The lowest BCUT2D eigenvalue weighted by Crippen LogP contribution is -2.27. The summed E-state index contributed by atoms with van der Waals surface area (Å²) in [6.07, 6.45) is 6.75. The molecule has 1 aromatic carbocycles. The van der Waals surface area contributed by atoms with Crippen LogP contribution in [0.2, 0.25) is 0 Å². The van der Waals surface area contributed by atoms with Crippen molar-refractivity contribution in [3.8, 4) is 5.75 Å². The zero-order valence-corrected chi connectivity index (χ0v) is 14.2. The second kappa shape index (κ2) is 7.19. The molecule has 1 aliphatic rings. The molecule has 0 aliphatic heterocycles. The van der Waals surface area contributed by atoms with Crippen LogP contribution in [0.3, 0.4) is 0 Å². The Morgan fingerprint density at radius 2 is 2.00 bits per heavy atom. The van der Waals surface area contributed by atoms with Crippen molar-refractivity contribution in [1.29, 1.82) is 0 Å². The first-order valence-corrected chi connectivity index (χ1v) is 9.28. The Balaban J connectivity index is 1.81. The van der Waals surface area contributed by atoms with E-state index < -0.39 is 0 Å². The van der Waals surface area contributed by atoms with E-state index >= 15 is 0 Å². The van der Waals surface area contributed by atoms with E-state index in [0.717, 1.165) is 44.5 Å². The summed E-state index contributed by atoms with van der Waals surface area (Å²) in [5, 5.41) is 12.9. The van der Waals surface area contributed by atoms with Crippen molar-refractivity contribution in [2.75, 3.05) is 18.0 Å². The van der Waals surface area contributed by atoms with E-state index in [1.165, 1.54) is 28.8 Å². The third-order valence-electron chi connectivity index (χ3n) is 4.52. The molecule has 3 heteroatoms. The lowest BCUT2D eigenvalue weighted by molar-refractivity contribution is 0.460. The number of aryl methyl sites for hydroxylation is 1. The number of fused-ring (bicyclic) bond motifs is 1. The molecular formula is C19H25NOS. The Bertz CT molecular complexity index is 606. The van der Waals surface area contributed by atoms with Gasteiger partial charge in [-0.3, -0.25) is 0 Å². The number of phenolic OH excluding ortho intramolecular Hbond substituents is 1. The normalized spacial score (nSPS) is 13.9. The Labute approximate surface area is 137 Å². The molecule has 0 spiro atoms. The molecule has 0 radical (unpaired) electrons. The van der Waals surface area contributed by atoms with Crippen molar-refractivity contribution in [2.24, 2.45) is 0 Å². The summed E-state index contributed by atoms with van der Waals surface area (Å²) in [7, 11) is 0. The number of rotatable bonds is 6. The topological polar surface area (TPSA) is 23.5 Å². The van der Waals surface area contributed by atoms with Crippen LogP contribution in [0.4, 0.5) is 5.69 Å². The average Bonchev–Trinajstić information content (AvgIpc) is 3.06. The first-order valence-electron chi connectivity index (χ1n) is 8.40. The molecule has 1 N–H and O–H groups in total. The van der Waals surface area contributed by atoms with Crippen LogP contribution in [-0.2, 0) is 19.3 Å². The third-order valence-corrected chi connectivity index (χ3v) is 5.46. The largest absolute Gasteiger partial charge is 0.505 e. The number of anilines is 1. The minimum atomic E-state index is 0.539. The SMILES string of the molecule is CCCN(CCc1cccs1)c1ccc2c(c1O)CCCC2. The summed E-state index contributed by atoms with van der Waals surface area (Å²) in [5.41, 5.74) is 3.57. The summed E-state index contributed by atoms with van der Waals surface area (Å²) in [6.45, 7) is 4.17. The van der Waals surface area contributed by atoms with E-state index in [-0.39, 0.29) is 0 Å². The second-order valence-corrected chi connectivity index (χ2v) is 7.13. The Morgan fingerprint density at radius 3 is 2.77 bits per heavy atom. The molecule has 118 valence electrons. The number of aromatic hydroxyl groups is 1. The summed E-state index contributed by atoms with van der Waals surface area (Å²) in [5.74, 6) is 0.539. The zero-order valence-electron chi connectivity index (χ0n) is 13.3. The molecule has 0 atom stereocenters. The fraction of sp³-hybridized carbons (Fsp3) is 0.474. The molecule has 0 fully saturated rings. The zero-order chi connectivity index (χ0) is 15.4. The van der Waals surface area contributed by atoms with E-state index in [9.17, 15) is 5.11 Å². The molecule has 2 aromatic rings. The van der Waals surface area contributed by atoms with Crippen molar-refractivity contribution in [2.45, 2.75) is 45.4 Å². The Morgan fingerprint density at radius 1 is 1.14 bits per heavy atom. The summed E-state index contributed by atoms with van der Waals surface area (Å²) < 4.78 is 0. The highest BCUT2D eigenvalue weighted by Crippen LogP contribution is 2.37. The van der Waals surface area contributed by atoms with Crippen LogP contribution in [0.25, 0.3) is 0 Å². The van der Waals surface area contributed by atoms with Crippen LogP contribution >= 0.6 is 11.3 Å². The van der Waals surface area contributed by atoms with Gasteiger partial charge in [0, 0.05) is 18.0 Å². The number of nitrogens with zero attached hydrogens (tertiary/aromatic N) is 1. The summed E-state index contributed by atoms with van der Waals surface area (Å²) in [6, 6.07) is 8.67. The predicted octanol–water partition coefficient (Wildman–Crippen LogP) is 4.79. The highest BCUT2D eigenvalue weighted by Gasteiger charge is 2.19. The number of hydrogen-bond donors (Lipinski definition) is 1. The van der Waals surface area contributed by atoms with Crippen LogP contribution in [0.5, 0.6) is 5.75 Å². The summed E-state index contributed by atoms with van der Waals surface area (Å²) in [4.78, 5) is 3.77. The fourth-order valence-electron chi connectivity index (χ4n) is 3.37. The maximum Gasteiger partial charge on any atom is 0.142 e. The van der Waals surface area contributed by atoms with Gasteiger partial charge in [-0.05, 0) is 67.2 Å². The lowest BCUT2D eigenvalue weighted by Gasteiger charge is -2.28. The van der Waals surface area contributed by atoms with Gasteiger partial charge in [0.05, 0.1) is 5.69 Å². The van der Waals surface area contributed by atoms with Crippen molar-refractivity contribution in [3.05, 3.63) is 45.6 Å². The standard InChI is InChI=1S/C19H25NOS/c1-2-12-20(13-11-16-7-5-14-22-16)18-10-9-15-6-3-4-8-17(15)19(18)21/h5,7,9-10,14,21H,2-4,6,8,11-13H2,1H3. The van der Waals surface area contributed by atoms with Crippen LogP contribution in [0.15, 0.2) is 29.6 Å². The van der Waals surface area contributed by atoms with Crippen LogP contribution in [0, 0.1) is 0 Å². The van der Waals surface area contributed by atoms with Crippen molar-refractivity contribution in [3.63, 3.8) is 0 Å².